The van der Waals surface area contributed by atoms with Gasteiger partial charge in [0.25, 0.3) is 0 Å². The first-order chi connectivity index (χ1) is 9.17. The number of ether oxygens (including phenoxy) is 1. The third-order valence-corrected chi connectivity index (χ3v) is 3.27. The molecule has 19 heavy (non-hydrogen) atoms. The van der Waals surface area contributed by atoms with Crippen LogP contribution >= 0.6 is 15.9 Å². The number of phenols is 1. The van der Waals surface area contributed by atoms with Crippen LogP contribution in [0.25, 0.3) is 11.1 Å². The normalized spacial score (nSPS) is 9.95. The number of aromatic hydroxyl groups is 1. The van der Waals surface area contributed by atoms with Crippen LogP contribution < -0.4 is 4.74 Å². The second-order valence-corrected chi connectivity index (χ2v) is 4.75. The van der Waals surface area contributed by atoms with Gasteiger partial charge in [-0.25, -0.2) is 0 Å². The van der Waals surface area contributed by atoms with Gasteiger partial charge in [0.05, 0.1) is 22.7 Å². The fourth-order valence-electron chi connectivity index (χ4n) is 1.84. The summed E-state index contributed by atoms with van der Waals surface area (Å²) in [5.41, 5.74) is 1.82. The Morgan fingerprint density at radius 1 is 1.26 bits per heavy atom. The minimum Gasteiger partial charge on any atom is -0.506 e. The SMILES string of the molecule is CCOc1ccccc1-c1cc(C#N)cc(Br)c1O. The molecule has 1 N–H and O–H groups in total. The molecule has 0 aliphatic rings. The second kappa shape index (κ2) is 5.77. The largest absolute Gasteiger partial charge is 0.506 e. The first-order valence-electron chi connectivity index (χ1n) is 5.82. The monoisotopic (exact) mass is 317 g/mol. The number of para-hydroxylation sites is 1. The Morgan fingerprint density at radius 2 is 2.00 bits per heavy atom. The number of rotatable bonds is 3. The zero-order chi connectivity index (χ0) is 13.8. The highest BCUT2D eigenvalue weighted by molar-refractivity contribution is 9.10. The lowest BCUT2D eigenvalue weighted by Gasteiger charge is -2.12. The van der Waals surface area contributed by atoms with Gasteiger partial charge < -0.3 is 9.84 Å². The molecule has 4 heteroatoms. The van der Waals surface area contributed by atoms with Gasteiger partial charge in [0, 0.05) is 11.1 Å². The van der Waals surface area contributed by atoms with Gasteiger partial charge in [-0.1, -0.05) is 18.2 Å². The summed E-state index contributed by atoms with van der Waals surface area (Å²) in [6.07, 6.45) is 0. The fraction of sp³-hybridized carbons (Fsp3) is 0.133. The first-order valence-corrected chi connectivity index (χ1v) is 6.61. The van der Waals surface area contributed by atoms with Crippen molar-refractivity contribution in [3.05, 3.63) is 46.4 Å². The Kier molecular flexibility index (Phi) is 4.08. The molecule has 0 amide bonds. The molecule has 0 saturated heterocycles. The lowest BCUT2D eigenvalue weighted by Crippen LogP contribution is -1.94. The van der Waals surface area contributed by atoms with E-state index in [9.17, 15) is 5.11 Å². The van der Waals surface area contributed by atoms with Gasteiger partial charge in [-0.2, -0.15) is 5.26 Å². The fourth-order valence-corrected chi connectivity index (χ4v) is 2.30. The molecular formula is C15H12BrNO2. The maximum absolute atomic E-state index is 10.2. The number of hydrogen-bond acceptors (Lipinski definition) is 3. The van der Waals surface area contributed by atoms with Crippen LogP contribution in [0.1, 0.15) is 12.5 Å². The minimum atomic E-state index is 0.103. The van der Waals surface area contributed by atoms with Crippen molar-refractivity contribution in [3.8, 4) is 28.7 Å². The molecule has 0 aliphatic heterocycles. The number of benzene rings is 2. The molecular weight excluding hydrogens is 306 g/mol. The summed E-state index contributed by atoms with van der Waals surface area (Å²) >= 11 is 3.26. The Labute approximate surface area is 120 Å². The zero-order valence-corrected chi connectivity index (χ0v) is 11.9. The molecule has 0 bridgehead atoms. The summed E-state index contributed by atoms with van der Waals surface area (Å²) in [5.74, 6) is 0.786. The van der Waals surface area contributed by atoms with E-state index in [-0.39, 0.29) is 5.75 Å². The van der Waals surface area contributed by atoms with Crippen molar-refractivity contribution in [2.24, 2.45) is 0 Å². The smallest absolute Gasteiger partial charge is 0.137 e. The molecule has 0 fully saturated rings. The topological polar surface area (TPSA) is 53.2 Å². The molecule has 0 aliphatic carbocycles. The lowest BCUT2D eigenvalue weighted by atomic mass is 10.0. The summed E-state index contributed by atoms with van der Waals surface area (Å²) < 4.78 is 6.04. The summed E-state index contributed by atoms with van der Waals surface area (Å²) in [6, 6.07) is 12.7. The third-order valence-electron chi connectivity index (χ3n) is 2.67. The Morgan fingerprint density at radius 3 is 2.68 bits per heavy atom. The minimum absolute atomic E-state index is 0.103. The van der Waals surface area contributed by atoms with Crippen LogP contribution in [-0.2, 0) is 0 Å². The van der Waals surface area contributed by atoms with Gasteiger partial charge in [0.2, 0.25) is 0 Å². The van der Waals surface area contributed by atoms with E-state index in [1.807, 2.05) is 31.2 Å². The summed E-state index contributed by atoms with van der Waals surface area (Å²) in [5, 5.41) is 19.2. The van der Waals surface area contributed by atoms with Crippen LogP contribution in [0.5, 0.6) is 11.5 Å². The van der Waals surface area contributed by atoms with Crippen LogP contribution in [0.2, 0.25) is 0 Å². The molecule has 0 saturated carbocycles. The van der Waals surface area contributed by atoms with Gasteiger partial charge >= 0.3 is 0 Å². The van der Waals surface area contributed by atoms with Gasteiger partial charge in [-0.3, -0.25) is 0 Å². The van der Waals surface area contributed by atoms with E-state index in [4.69, 9.17) is 10.00 Å². The number of hydrogen-bond donors (Lipinski definition) is 1. The molecule has 0 spiro atoms. The highest BCUT2D eigenvalue weighted by Crippen LogP contribution is 2.40. The van der Waals surface area contributed by atoms with Crippen molar-refractivity contribution in [1.82, 2.24) is 0 Å². The molecule has 2 rings (SSSR count). The van der Waals surface area contributed by atoms with E-state index in [0.29, 0.717) is 28.0 Å². The van der Waals surface area contributed by atoms with Crippen LogP contribution in [0.15, 0.2) is 40.9 Å². The summed E-state index contributed by atoms with van der Waals surface area (Å²) in [6.45, 7) is 2.44. The molecule has 0 heterocycles. The molecule has 0 radical (unpaired) electrons. The van der Waals surface area contributed by atoms with Crippen molar-refractivity contribution < 1.29 is 9.84 Å². The molecule has 2 aromatic rings. The first kappa shape index (κ1) is 13.4. The number of nitriles is 1. The van der Waals surface area contributed by atoms with Crippen molar-refractivity contribution in [2.75, 3.05) is 6.61 Å². The molecule has 2 aromatic carbocycles. The van der Waals surface area contributed by atoms with Crippen LogP contribution in [0.4, 0.5) is 0 Å². The van der Waals surface area contributed by atoms with E-state index in [2.05, 4.69) is 22.0 Å². The number of nitrogens with zero attached hydrogens (tertiary/aromatic N) is 1. The van der Waals surface area contributed by atoms with E-state index in [1.54, 1.807) is 12.1 Å². The van der Waals surface area contributed by atoms with Crippen molar-refractivity contribution in [1.29, 1.82) is 5.26 Å². The zero-order valence-electron chi connectivity index (χ0n) is 10.4. The summed E-state index contributed by atoms with van der Waals surface area (Å²) in [4.78, 5) is 0. The van der Waals surface area contributed by atoms with Gasteiger partial charge in [0.1, 0.15) is 11.5 Å². The highest BCUT2D eigenvalue weighted by atomic mass is 79.9. The quantitative estimate of drug-likeness (QED) is 0.927. The van der Waals surface area contributed by atoms with Gasteiger partial charge in [0.15, 0.2) is 0 Å². The second-order valence-electron chi connectivity index (χ2n) is 3.90. The molecule has 96 valence electrons. The average molecular weight is 318 g/mol. The molecule has 0 atom stereocenters. The summed E-state index contributed by atoms with van der Waals surface area (Å²) in [7, 11) is 0. The van der Waals surface area contributed by atoms with Crippen LogP contribution in [0.3, 0.4) is 0 Å². The molecule has 0 unspecified atom stereocenters. The Balaban J connectivity index is 2.65. The molecule has 0 aromatic heterocycles. The maximum atomic E-state index is 10.2. The Bertz CT molecular complexity index is 647. The third kappa shape index (κ3) is 2.72. The van der Waals surface area contributed by atoms with Crippen molar-refractivity contribution >= 4 is 15.9 Å². The maximum Gasteiger partial charge on any atom is 0.137 e. The number of phenolic OH excluding ortho intramolecular Hbond substituents is 1. The Hall–Kier alpha value is -1.99. The number of halogens is 1. The van der Waals surface area contributed by atoms with Crippen molar-refractivity contribution in [3.63, 3.8) is 0 Å². The highest BCUT2D eigenvalue weighted by Gasteiger charge is 2.13. The van der Waals surface area contributed by atoms with Crippen LogP contribution in [-0.4, -0.2) is 11.7 Å². The van der Waals surface area contributed by atoms with E-state index >= 15 is 0 Å². The lowest BCUT2D eigenvalue weighted by molar-refractivity contribution is 0.341. The van der Waals surface area contributed by atoms with E-state index < -0.39 is 0 Å². The van der Waals surface area contributed by atoms with E-state index in [0.717, 1.165) is 5.56 Å². The standard InChI is InChI=1S/C15H12BrNO2/c1-2-19-14-6-4-3-5-11(14)12-7-10(9-17)8-13(16)15(12)18/h3-8,18H,2H2,1H3. The predicted molar refractivity (Wildman–Crippen MR) is 77.1 cm³/mol. The van der Waals surface area contributed by atoms with Gasteiger partial charge in [-0.15, -0.1) is 0 Å². The van der Waals surface area contributed by atoms with Gasteiger partial charge in [-0.05, 0) is 41.1 Å². The van der Waals surface area contributed by atoms with E-state index in [1.165, 1.54) is 0 Å². The van der Waals surface area contributed by atoms with Crippen LogP contribution in [0, 0.1) is 11.3 Å². The van der Waals surface area contributed by atoms with Crippen molar-refractivity contribution in [2.45, 2.75) is 6.92 Å². The average Bonchev–Trinajstić information content (AvgIpc) is 2.43. The predicted octanol–water partition coefficient (Wildman–Crippen LogP) is 4.09. The molecule has 3 nitrogen and oxygen atoms in total.